The highest BCUT2D eigenvalue weighted by molar-refractivity contribution is 6.00. The molecule has 1 aromatic heterocycles. The van der Waals surface area contributed by atoms with Gasteiger partial charge in [0.15, 0.2) is 0 Å². The maximum atomic E-state index is 12.9. The summed E-state index contributed by atoms with van der Waals surface area (Å²) in [7, 11) is 0. The first kappa shape index (κ1) is 18.4. The van der Waals surface area contributed by atoms with E-state index in [-0.39, 0.29) is 30.3 Å². The molecule has 1 unspecified atom stereocenters. The Morgan fingerprint density at radius 1 is 1.07 bits per heavy atom. The molecule has 0 radical (unpaired) electrons. The van der Waals surface area contributed by atoms with Gasteiger partial charge in [-0.25, -0.2) is 0 Å². The fourth-order valence-electron chi connectivity index (χ4n) is 3.80. The number of ether oxygens (including phenoxy) is 1. The summed E-state index contributed by atoms with van der Waals surface area (Å²) < 4.78 is 5.88. The average molecular weight is 380 g/mol. The molecule has 2 aromatic rings. The standard InChI is InChI=1S/C21H24N4O3/c1-15-7-8-19(23-22-15)28-18-9-11-24(12-10-18)21(27)16-13-20(26)25(14-16)17-5-3-2-4-6-17/h2-8,16,18H,9-14H2,1H3. The lowest BCUT2D eigenvalue weighted by Gasteiger charge is -2.33. The van der Waals surface area contributed by atoms with E-state index in [1.807, 2.05) is 54.3 Å². The number of piperidine rings is 1. The SMILES string of the molecule is Cc1ccc(OC2CCN(C(=O)C3CC(=O)N(c4ccccc4)C3)CC2)nn1. The van der Waals surface area contributed by atoms with Crippen LogP contribution in [0.2, 0.25) is 0 Å². The van der Waals surface area contributed by atoms with E-state index in [0.717, 1.165) is 24.2 Å². The third-order valence-corrected chi connectivity index (χ3v) is 5.36. The molecule has 0 N–H and O–H groups in total. The smallest absolute Gasteiger partial charge is 0.233 e. The number of carbonyl (C=O) groups is 2. The molecule has 2 saturated heterocycles. The normalized spacial score (nSPS) is 20.5. The number of carbonyl (C=O) groups excluding carboxylic acids is 2. The second-order valence-electron chi connectivity index (χ2n) is 7.40. The monoisotopic (exact) mass is 380 g/mol. The Hall–Kier alpha value is -2.96. The lowest BCUT2D eigenvalue weighted by atomic mass is 10.0. The van der Waals surface area contributed by atoms with Gasteiger partial charge in [0.2, 0.25) is 17.7 Å². The fraction of sp³-hybridized carbons (Fsp3) is 0.429. The molecule has 4 rings (SSSR count). The molecule has 1 aromatic carbocycles. The summed E-state index contributed by atoms with van der Waals surface area (Å²) in [6.07, 6.45) is 1.82. The van der Waals surface area contributed by atoms with E-state index in [2.05, 4.69) is 10.2 Å². The van der Waals surface area contributed by atoms with Crippen molar-refractivity contribution in [2.75, 3.05) is 24.5 Å². The van der Waals surface area contributed by atoms with Crippen molar-refractivity contribution in [2.45, 2.75) is 32.3 Å². The van der Waals surface area contributed by atoms with E-state index in [4.69, 9.17) is 4.74 Å². The van der Waals surface area contributed by atoms with Crippen molar-refractivity contribution in [3.05, 3.63) is 48.2 Å². The lowest BCUT2D eigenvalue weighted by Crippen LogP contribution is -2.45. The first-order valence-electron chi connectivity index (χ1n) is 9.71. The van der Waals surface area contributed by atoms with Crippen LogP contribution in [0.25, 0.3) is 0 Å². The highest BCUT2D eigenvalue weighted by Gasteiger charge is 2.38. The number of para-hydroxylation sites is 1. The van der Waals surface area contributed by atoms with Gasteiger partial charge < -0.3 is 14.5 Å². The Morgan fingerprint density at radius 2 is 1.82 bits per heavy atom. The highest BCUT2D eigenvalue weighted by Crippen LogP contribution is 2.27. The molecular formula is C21H24N4O3. The molecule has 2 fully saturated rings. The second-order valence-corrected chi connectivity index (χ2v) is 7.40. The van der Waals surface area contributed by atoms with Crippen molar-refractivity contribution in [3.63, 3.8) is 0 Å². The van der Waals surface area contributed by atoms with Gasteiger partial charge >= 0.3 is 0 Å². The molecular weight excluding hydrogens is 356 g/mol. The third kappa shape index (κ3) is 3.98. The number of aromatic nitrogens is 2. The predicted molar refractivity (Wildman–Crippen MR) is 104 cm³/mol. The van der Waals surface area contributed by atoms with Crippen LogP contribution in [-0.2, 0) is 9.59 Å². The Bertz CT molecular complexity index is 832. The summed E-state index contributed by atoms with van der Waals surface area (Å²) in [4.78, 5) is 28.9. The van der Waals surface area contributed by atoms with Crippen LogP contribution in [0.5, 0.6) is 5.88 Å². The number of amides is 2. The minimum atomic E-state index is -0.270. The van der Waals surface area contributed by atoms with Crippen LogP contribution in [0, 0.1) is 12.8 Å². The number of hydrogen-bond acceptors (Lipinski definition) is 5. The number of benzene rings is 1. The Kier molecular flexibility index (Phi) is 5.23. The quantitative estimate of drug-likeness (QED) is 0.813. The van der Waals surface area contributed by atoms with E-state index >= 15 is 0 Å². The van der Waals surface area contributed by atoms with Crippen molar-refractivity contribution < 1.29 is 14.3 Å². The van der Waals surface area contributed by atoms with E-state index < -0.39 is 0 Å². The highest BCUT2D eigenvalue weighted by atomic mass is 16.5. The molecule has 3 heterocycles. The summed E-state index contributed by atoms with van der Waals surface area (Å²) in [6, 6.07) is 13.2. The third-order valence-electron chi connectivity index (χ3n) is 5.36. The van der Waals surface area contributed by atoms with Gasteiger partial charge in [-0.2, -0.15) is 5.10 Å². The number of likely N-dealkylation sites (tertiary alicyclic amines) is 1. The lowest BCUT2D eigenvalue weighted by molar-refractivity contribution is -0.137. The molecule has 0 bridgehead atoms. The Morgan fingerprint density at radius 3 is 2.50 bits per heavy atom. The first-order valence-corrected chi connectivity index (χ1v) is 9.71. The summed E-state index contributed by atoms with van der Waals surface area (Å²) in [5, 5.41) is 8.04. The predicted octanol–water partition coefficient (Wildman–Crippen LogP) is 2.21. The molecule has 0 saturated carbocycles. The van der Waals surface area contributed by atoms with Crippen LogP contribution in [0.15, 0.2) is 42.5 Å². The molecule has 7 heteroatoms. The second kappa shape index (κ2) is 7.96. The van der Waals surface area contributed by atoms with Gasteiger partial charge in [0.1, 0.15) is 6.10 Å². The number of anilines is 1. The first-order chi connectivity index (χ1) is 13.6. The fourth-order valence-corrected chi connectivity index (χ4v) is 3.80. The minimum absolute atomic E-state index is 0.0146. The summed E-state index contributed by atoms with van der Waals surface area (Å²) in [5.74, 6) is 0.337. The minimum Gasteiger partial charge on any atom is -0.473 e. The molecule has 2 aliphatic heterocycles. The Balaban J connectivity index is 1.30. The summed E-state index contributed by atoms with van der Waals surface area (Å²) in [5.41, 5.74) is 1.71. The topological polar surface area (TPSA) is 75.6 Å². The molecule has 28 heavy (non-hydrogen) atoms. The maximum absolute atomic E-state index is 12.9. The van der Waals surface area contributed by atoms with Crippen LogP contribution >= 0.6 is 0 Å². The average Bonchev–Trinajstić information content (AvgIpc) is 3.12. The van der Waals surface area contributed by atoms with Crippen LogP contribution in [0.3, 0.4) is 0 Å². The molecule has 0 aliphatic carbocycles. The molecule has 0 spiro atoms. The van der Waals surface area contributed by atoms with Crippen LogP contribution in [-0.4, -0.2) is 52.6 Å². The van der Waals surface area contributed by atoms with Gasteiger partial charge in [0.05, 0.1) is 11.6 Å². The van der Waals surface area contributed by atoms with Crippen molar-refractivity contribution in [1.29, 1.82) is 0 Å². The molecule has 2 aliphatic rings. The van der Waals surface area contributed by atoms with Crippen molar-refractivity contribution in [1.82, 2.24) is 15.1 Å². The van der Waals surface area contributed by atoms with Crippen LogP contribution in [0.4, 0.5) is 5.69 Å². The van der Waals surface area contributed by atoms with Gasteiger partial charge in [0, 0.05) is 50.7 Å². The number of rotatable bonds is 4. The zero-order valence-corrected chi connectivity index (χ0v) is 16.0. The number of hydrogen-bond donors (Lipinski definition) is 0. The maximum Gasteiger partial charge on any atom is 0.233 e. The molecule has 146 valence electrons. The van der Waals surface area contributed by atoms with Gasteiger partial charge in [-0.15, -0.1) is 5.10 Å². The van der Waals surface area contributed by atoms with E-state index in [9.17, 15) is 9.59 Å². The molecule has 1 atom stereocenters. The zero-order chi connectivity index (χ0) is 19.5. The van der Waals surface area contributed by atoms with Crippen molar-refractivity contribution >= 4 is 17.5 Å². The zero-order valence-electron chi connectivity index (χ0n) is 16.0. The summed E-state index contributed by atoms with van der Waals surface area (Å²) >= 11 is 0. The molecule has 7 nitrogen and oxygen atoms in total. The number of aryl methyl sites for hydroxylation is 1. The summed E-state index contributed by atoms with van der Waals surface area (Å²) in [6.45, 7) is 3.61. The van der Waals surface area contributed by atoms with Crippen LogP contribution < -0.4 is 9.64 Å². The van der Waals surface area contributed by atoms with E-state index in [0.29, 0.717) is 25.5 Å². The number of nitrogens with zero attached hydrogens (tertiary/aromatic N) is 4. The van der Waals surface area contributed by atoms with Gasteiger partial charge in [-0.1, -0.05) is 18.2 Å². The van der Waals surface area contributed by atoms with Gasteiger partial charge in [0.25, 0.3) is 0 Å². The van der Waals surface area contributed by atoms with Crippen LogP contribution in [0.1, 0.15) is 25.0 Å². The van der Waals surface area contributed by atoms with Gasteiger partial charge in [-0.05, 0) is 25.1 Å². The van der Waals surface area contributed by atoms with E-state index in [1.165, 1.54) is 0 Å². The molecule has 2 amide bonds. The van der Waals surface area contributed by atoms with Crippen molar-refractivity contribution in [3.8, 4) is 5.88 Å². The van der Waals surface area contributed by atoms with E-state index in [1.54, 1.807) is 4.90 Å². The van der Waals surface area contributed by atoms with Crippen molar-refractivity contribution in [2.24, 2.45) is 5.92 Å². The van der Waals surface area contributed by atoms with Gasteiger partial charge in [-0.3, -0.25) is 9.59 Å². The Labute approximate surface area is 164 Å². The largest absolute Gasteiger partial charge is 0.473 e.